The standard InChI is InChI=1S/C21H22N2O2S/c24-20-16-6-2-3-7-18(16)26-19-9-8-15(14-17(19)20)21(25)22-10-13-23-11-4-1-5-12-23/h2-3,6-9,14H,1,4-5,10-13H2,(H,22,25). The summed E-state index contributed by atoms with van der Waals surface area (Å²) >= 11 is 1.58. The van der Waals surface area contributed by atoms with Crippen LogP contribution in [0.25, 0.3) is 20.2 Å². The number of carbonyl (C=O) groups is 1. The quantitative estimate of drug-likeness (QED) is 0.718. The number of amides is 1. The monoisotopic (exact) mass is 366 g/mol. The maximum atomic E-state index is 12.8. The van der Waals surface area contributed by atoms with Crippen LogP contribution in [0.5, 0.6) is 0 Å². The molecule has 3 aromatic rings. The number of fused-ring (bicyclic) bond motifs is 2. The number of hydrogen-bond donors (Lipinski definition) is 1. The van der Waals surface area contributed by atoms with E-state index < -0.39 is 0 Å². The van der Waals surface area contributed by atoms with Crippen LogP contribution in [0, 0.1) is 0 Å². The van der Waals surface area contributed by atoms with Crippen molar-refractivity contribution >= 4 is 37.4 Å². The second kappa shape index (κ2) is 7.56. The first kappa shape index (κ1) is 17.2. The van der Waals surface area contributed by atoms with E-state index in [9.17, 15) is 9.59 Å². The van der Waals surface area contributed by atoms with Gasteiger partial charge in [0.05, 0.1) is 0 Å². The first-order valence-corrected chi connectivity index (χ1v) is 10.0. The number of nitrogens with one attached hydrogen (secondary N) is 1. The van der Waals surface area contributed by atoms with Crippen molar-refractivity contribution in [1.29, 1.82) is 0 Å². The van der Waals surface area contributed by atoms with E-state index in [2.05, 4.69) is 10.2 Å². The zero-order chi connectivity index (χ0) is 17.9. The zero-order valence-electron chi connectivity index (χ0n) is 14.7. The van der Waals surface area contributed by atoms with Crippen LogP contribution in [0.15, 0.2) is 47.3 Å². The molecule has 1 saturated heterocycles. The molecule has 4 nitrogen and oxygen atoms in total. The van der Waals surface area contributed by atoms with E-state index in [-0.39, 0.29) is 11.3 Å². The van der Waals surface area contributed by atoms with Crippen LogP contribution in [-0.2, 0) is 0 Å². The SMILES string of the molecule is O=C(NCCN1CCCCC1)c1ccc2sc3ccccc3c(=O)c2c1. The Labute approximate surface area is 156 Å². The molecular weight excluding hydrogens is 344 g/mol. The van der Waals surface area contributed by atoms with Gasteiger partial charge in [-0.1, -0.05) is 18.6 Å². The van der Waals surface area contributed by atoms with Gasteiger partial charge in [-0.3, -0.25) is 9.59 Å². The van der Waals surface area contributed by atoms with Crippen molar-refractivity contribution in [3.8, 4) is 0 Å². The van der Waals surface area contributed by atoms with Crippen LogP contribution in [0.1, 0.15) is 29.6 Å². The van der Waals surface area contributed by atoms with Crippen LogP contribution in [-0.4, -0.2) is 37.0 Å². The fraction of sp³-hybridized carbons (Fsp3) is 0.333. The lowest BCUT2D eigenvalue weighted by Crippen LogP contribution is -2.37. The molecule has 0 aliphatic carbocycles. The molecule has 0 spiro atoms. The van der Waals surface area contributed by atoms with E-state index in [1.165, 1.54) is 19.3 Å². The summed E-state index contributed by atoms with van der Waals surface area (Å²) < 4.78 is 1.89. The second-order valence-corrected chi connectivity index (χ2v) is 7.88. The van der Waals surface area contributed by atoms with Gasteiger partial charge in [0.2, 0.25) is 0 Å². The van der Waals surface area contributed by atoms with Gasteiger partial charge in [-0.2, -0.15) is 0 Å². The molecule has 2 aromatic carbocycles. The normalized spacial score (nSPS) is 15.4. The molecule has 1 aliphatic heterocycles. The van der Waals surface area contributed by atoms with Gasteiger partial charge in [0.15, 0.2) is 5.43 Å². The number of carbonyl (C=O) groups excluding carboxylic acids is 1. The number of piperidine rings is 1. The van der Waals surface area contributed by atoms with Gasteiger partial charge in [-0.05, 0) is 56.3 Å². The van der Waals surface area contributed by atoms with Crippen molar-refractivity contribution in [3.05, 3.63) is 58.3 Å². The minimum Gasteiger partial charge on any atom is -0.351 e. The summed E-state index contributed by atoms with van der Waals surface area (Å²) in [6.45, 7) is 3.78. The van der Waals surface area contributed by atoms with Crippen molar-refractivity contribution in [2.24, 2.45) is 0 Å². The van der Waals surface area contributed by atoms with Gasteiger partial charge in [-0.25, -0.2) is 0 Å². The summed E-state index contributed by atoms with van der Waals surface area (Å²) in [5.74, 6) is -0.110. The number of likely N-dealkylation sites (tertiary alicyclic amines) is 1. The number of nitrogens with zero attached hydrogens (tertiary/aromatic N) is 1. The minimum absolute atomic E-state index is 0.00248. The van der Waals surface area contributed by atoms with Crippen molar-refractivity contribution in [3.63, 3.8) is 0 Å². The number of hydrogen-bond acceptors (Lipinski definition) is 4. The Balaban J connectivity index is 1.52. The molecule has 1 amide bonds. The van der Waals surface area contributed by atoms with Crippen molar-refractivity contribution in [2.45, 2.75) is 19.3 Å². The Hall–Kier alpha value is -2.24. The molecule has 0 radical (unpaired) electrons. The third-order valence-corrected chi connectivity index (χ3v) is 6.15. The molecule has 1 N–H and O–H groups in total. The maximum absolute atomic E-state index is 12.8. The van der Waals surface area contributed by atoms with Gasteiger partial charge in [0.25, 0.3) is 5.91 Å². The van der Waals surface area contributed by atoms with Gasteiger partial charge in [-0.15, -0.1) is 11.3 Å². The van der Waals surface area contributed by atoms with Crippen molar-refractivity contribution in [2.75, 3.05) is 26.2 Å². The molecule has 5 heteroatoms. The molecule has 1 aromatic heterocycles. The first-order valence-electron chi connectivity index (χ1n) is 9.18. The summed E-state index contributed by atoms with van der Waals surface area (Å²) in [4.78, 5) is 27.6. The molecule has 4 rings (SSSR count). The maximum Gasteiger partial charge on any atom is 0.251 e. The van der Waals surface area contributed by atoms with E-state index in [1.807, 2.05) is 36.4 Å². The van der Waals surface area contributed by atoms with Crippen LogP contribution in [0.4, 0.5) is 0 Å². The van der Waals surface area contributed by atoms with Crippen LogP contribution in [0.2, 0.25) is 0 Å². The fourth-order valence-corrected chi connectivity index (χ4v) is 4.61. The highest BCUT2D eigenvalue weighted by Gasteiger charge is 2.12. The molecule has 1 fully saturated rings. The van der Waals surface area contributed by atoms with E-state index in [0.717, 1.165) is 29.0 Å². The molecule has 134 valence electrons. The summed E-state index contributed by atoms with van der Waals surface area (Å²) in [5, 5.41) is 4.33. The predicted octanol–water partition coefficient (Wildman–Crippen LogP) is 3.63. The summed E-state index contributed by atoms with van der Waals surface area (Å²) in [6.07, 6.45) is 3.81. The van der Waals surface area contributed by atoms with E-state index >= 15 is 0 Å². The Morgan fingerprint density at radius 2 is 1.77 bits per heavy atom. The molecule has 0 unspecified atom stereocenters. The van der Waals surface area contributed by atoms with Crippen LogP contribution < -0.4 is 10.7 Å². The molecular formula is C21H22N2O2S. The Bertz CT molecular complexity index is 1010. The van der Waals surface area contributed by atoms with E-state index in [1.54, 1.807) is 17.4 Å². The highest BCUT2D eigenvalue weighted by molar-refractivity contribution is 7.24. The van der Waals surface area contributed by atoms with Crippen molar-refractivity contribution < 1.29 is 4.79 Å². The third-order valence-electron chi connectivity index (χ3n) is 5.00. The largest absolute Gasteiger partial charge is 0.351 e. The first-order chi connectivity index (χ1) is 12.7. The van der Waals surface area contributed by atoms with E-state index in [4.69, 9.17) is 0 Å². The number of rotatable bonds is 4. The Morgan fingerprint density at radius 3 is 2.62 bits per heavy atom. The van der Waals surface area contributed by atoms with Gasteiger partial charge in [0, 0.05) is 38.8 Å². The Morgan fingerprint density at radius 1 is 1.00 bits per heavy atom. The van der Waals surface area contributed by atoms with Gasteiger partial charge >= 0.3 is 0 Å². The van der Waals surface area contributed by atoms with Gasteiger partial charge < -0.3 is 10.2 Å². The summed E-state index contributed by atoms with van der Waals surface area (Å²) in [5.41, 5.74) is 0.549. The van der Waals surface area contributed by atoms with E-state index in [0.29, 0.717) is 22.9 Å². The molecule has 0 saturated carbocycles. The number of benzene rings is 2. The lowest BCUT2D eigenvalue weighted by atomic mass is 10.1. The van der Waals surface area contributed by atoms with Crippen molar-refractivity contribution in [1.82, 2.24) is 10.2 Å². The fourth-order valence-electron chi connectivity index (χ4n) is 3.56. The molecule has 0 bridgehead atoms. The second-order valence-electron chi connectivity index (χ2n) is 6.80. The average Bonchev–Trinajstić information content (AvgIpc) is 2.69. The van der Waals surface area contributed by atoms with Crippen LogP contribution >= 0.6 is 11.3 Å². The molecule has 26 heavy (non-hydrogen) atoms. The molecule has 2 heterocycles. The van der Waals surface area contributed by atoms with Crippen LogP contribution in [0.3, 0.4) is 0 Å². The predicted molar refractivity (Wildman–Crippen MR) is 108 cm³/mol. The zero-order valence-corrected chi connectivity index (χ0v) is 15.5. The summed E-state index contributed by atoms with van der Waals surface area (Å²) in [6, 6.07) is 13.0. The minimum atomic E-state index is -0.110. The van der Waals surface area contributed by atoms with Gasteiger partial charge in [0.1, 0.15) is 0 Å². The molecule has 0 atom stereocenters. The Kier molecular flexibility index (Phi) is 5.00. The summed E-state index contributed by atoms with van der Waals surface area (Å²) in [7, 11) is 0. The topological polar surface area (TPSA) is 49.4 Å². The molecule has 1 aliphatic rings. The smallest absolute Gasteiger partial charge is 0.251 e. The lowest BCUT2D eigenvalue weighted by Gasteiger charge is -2.26. The highest BCUT2D eigenvalue weighted by atomic mass is 32.1. The lowest BCUT2D eigenvalue weighted by molar-refractivity contribution is 0.0946. The highest BCUT2D eigenvalue weighted by Crippen LogP contribution is 2.25. The third kappa shape index (κ3) is 3.50. The average molecular weight is 366 g/mol.